The van der Waals surface area contributed by atoms with Gasteiger partial charge in [0.2, 0.25) is 0 Å². The van der Waals surface area contributed by atoms with Gasteiger partial charge < -0.3 is 4.40 Å². The average Bonchev–Trinajstić information content (AvgIpc) is 2.76. The van der Waals surface area contributed by atoms with Crippen molar-refractivity contribution in [3.05, 3.63) is 35.3 Å². The summed E-state index contributed by atoms with van der Waals surface area (Å²) in [5.41, 5.74) is 4.15. The fourth-order valence-electron chi connectivity index (χ4n) is 2.12. The molecule has 0 saturated heterocycles. The number of aldehydes is 1. The molecule has 70 valence electrons. The van der Waals surface area contributed by atoms with Crippen LogP contribution in [0.15, 0.2) is 18.3 Å². The molecule has 0 unspecified atom stereocenters. The van der Waals surface area contributed by atoms with Crippen LogP contribution in [0.25, 0.3) is 5.65 Å². The van der Waals surface area contributed by atoms with Gasteiger partial charge >= 0.3 is 0 Å². The van der Waals surface area contributed by atoms with Crippen LogP contribution in [-0.2, 0) is 12.8 Å². The molecule has 0 spiro atoms. The minimum absolute atomic E-state index is 0.713. The minimum atomic E-state index is 0.713. The zero-order valence-electron chi connectivity index (χ0n) is 7.73. The molecule has 3 rings (SSSR count). The van der Waals surface area contributed by atoms with Gasteiger partial charge in [0.15, 0.2) is 6.29 Å². The Hall–Kier alpha value is -1.64. The summed E-state index contributed by atoms with van der Waals surface area (Å²) in [6.45, 7) is 0. The lowest BCUT2D eigenvalue weighted by atomic mass is 10.3. The van der Waals surface area contributed by atoms with Crippen molar-refractivity contribution in [2.24, 2.45) is 0 Å². The second kappa shape index (κ2) is 2.67. The van der Waals surface area contributed by atoms with Gasteiger partial charge in [0.25, 0.3) is 0 Å². The van der Waals surface area contributed by atoms with Crippen LogP contribution in [0.2, 0.25) is 0 Å². The summed E-state index contributed by atoms with van der Waals surface area (Å²) in [4.78, 5) is 15.2. The van der Waals surface area contributed by atoms with E-state index in [-0.39, 0.29) is 0 Å². The largest absolute Gasteiger partial charge is 0.303 e. The molecule has 0 aromatic carbocycles. The number of imidazole rings is 1. The highest BCUT2D eigenvalue weighted by atomic mass is 16.1. The molecule has 0 fully saturated rings. The van der Waals surface area contributed by atoms with E-state index in [0.29, 0.717) is 5.56 Å². The molecule has 2 aromatic heterocycles. The molecule has 0 bridgehead atoms. The van der Waals surface area contributed by atoms with Crippen molar-refractivity contribution in [2.45, 2.75) is 19.3 Å². The SMILES string of the molecule is O=Cc1ccc2nc3c(n2c1)CCC3. The Kier molecular flexibility index (Phi) is 1.48. The molecular weight excluding hydrogens is 176 g/mol. The molecule has 2 heterocycles. The number of pyridine rings is 1. The molecule has 0 saturated carbocycles. The van der Waals surface area contributed by atoms with Crippen molar-refractivity contribution < 1.29 is 4.79 Å². The number of carbonyl (C=O) groups is 1. The zero-order chi connectivity index (χ0) is 9.54. The van der Waals surface area contributed by atoms with Crippen molar-refractivity contribution in [1.29, 1.82) is 0 Å². The van der Waals surface area contributed by atoms with Crippen LogP contribution < -0.4 is 0 Å². The fourth-order valence-corrected chi connectivity index (χ4v) is 2.12. The Balaban J connectivity index is 2.34. The van der Waals surface area contributed by atoms with E-state index in [1.807, 2.05) is 22.7 Å². The number of hydrogen-bond donors (Lipinski definition) is 0. The Morgan fingerprint density at radius 3 is 3.14 bits per heavy atom. The number of carbonyl (C=O) groups excluding carboxylic acids is 1. The molecule has 3 nitrogen and oxygen atoms in total. The topological polar surface area (TPSA) is 34.4 Å². The predicted molar refractivity (Wildman–Crippen MR) is 52.6 cm³/mol. The summed E-state index contributed by atoms with van der Waals surface area (Å²) in [6.07, 6.45) is 6.10. The molecule has 2 aromatic rings. The molecule has 3 heteroatoms. The second-order valence-corrected chi connectivity index (χ2v) is 3.67. The first-order valence-electron chi connectivity index (χ1n) is 4.83. The highest BCUT2D eigenvalue weighted by Gasteiger charge is 2.17. The van der Waals surface area contributed by atoms with Gasteiger partial charge in [-0.15, -0.1) is 0 Å². The molecule has 0 radical (unpaired) electrons. The second-order valence-electron chi connectivity index (χ2n) is 3.67. The van der Waals surface area contributed by atoms with Crippen molar-refractivity contribution in [3.63, 3.8) is 0 Å². The zero-order valence-corrected chi connectivity index (χ0v) is 7.73. The van der Waals surface area contributed by atoms with Gasteiger partial charge in [-0.2, -0.15) is 0 Å². The molecule has 0 amide bonds. The van der Waals surface area contributed by atoms with Gasteiger partial charge in [0, 0.05) is 17.5 Å². The van der Waals surface area contributed by atoms with E-state index < -0.39 is 0 Å². The first-order valence-corrected chi connectivity index (χ1v) is 4.83. The van der Waals surface area contributed by atoms with Crippen molar-refractivity contribution in [3.8, 4) is 0 Å². The van der Waals surface area contributed by atoms with E-state index in [2.05, 4.69) is 4.98 Å². The number of aryl methyl sites for hydroxylation is 2. The maximum absolute atomic E-state index is 10.6. The van der Waals surface area contributed by atoms with Crippen LogP contribution in [-0.4, -0.2) is 15.7 Å². The molecule has 0 N–H and O–H groups in total. The molecule has 0 aliphatic heterocycles. The normalized spacial score (nSPS) is 14.6. The Labute approximate surface area is 81.4 Å². The standard InChI is InChI=1S/C11H10N2O/c14-7-8-4-5-11-12-9-2-1-3-10(9)13(11)6-8/h4-7H,1-3H2. The van der Waals surface area contributed by atoms with E-state index in [0.717, 1.165) is 24.8 Å². The third-order valence-electron chi connectivity index (χ3n) is 2.79. The Morgan fingerprint density at radius 2 is 2.29 bits per heavy atom. The van der Waals surface area contributed by atoms with E-state index >= 15 is 0 Å². The van der Waals surface area contributed by atoms with E-state index in [4.69, 9.17) is 0 Å². The Bertz CT molecular complexity index is 513. The number of fused-ring (bicyclic) bond motifs is 3. The molecular formula is C11H10N2O. The van der Waals surface area contributed by atoms with E-state index in [9.17, 15) is 4.79 Å². The summed E-state index contributed by atoms with van der Waals surface area (Å²) in [6, 6.07) is 3.71. The Morgan fingerprint density at radius 1 is 1.36 bits per heavy atom. The smallest absolute Gasteiger partial charge is 0.151 e. The quantitative estimate of drug-likeness (QED) is 0.634. The number of nitrogens with zero attached hydrogens (tertiary/aromatic N) is 2. The maximum Gasteiger partial charge on any atom is 0.151 e. The maximum atomic E-state index is 10.6. The van der Waals surface area contributed by atoms with Crippen LogP contribution >= 0.6 is 0 Å². The van der Waals surface area contributed by atoms with Crippen LogP contribution in [0.5, 0.6) is 0 Å². The molecule has 14 heavy (non-hydrogen) atoms. The number of hydrogen-bond acceptors (Lipinski definition) is 2. The van der Waals surface area contributed by atoms with Crippen LogP contribution in [0.4, 0.5) is 0 Å². The van der Waals surface area contributed by atoms with E-state index in [1.165, 1.54) is 17.8 Å². The van der Waals surface area contributed by atoms with E-state index in [1.54, 1.807) is 0 Å². The van der Waals surface area contributed by atoms with Gasteiger partial charge in [0.1, 0.15) is 5.65 Å². The summed E-state index contributed by atoms with van der Waals surface area (Å²) < 4.78 is 2.05. The molecule has 1 aliphatic carbocycles. The van der Waals surface area contributed by atoms with Crippen LogP contribution in [0, 0.1) is 0 Å². The highest BCUT2D eigenvalue weighted by Crippen LogP contribution is 2.22. The van der Waals surface area contributed by atoms with Crippen molar-refractivity contribution >= 4 is 11.9 Å². The van der Waals surface area contributed by atoms with Crippen LogP contribution in [0.1, 0.15) is 28.2 Å². The fraction of sp³-hybridized carbons (Fsp3) is 0.273. The first kappa shape index (κ1) is 7.74. The summed E-state index contributed by atoms with van der Waals surface area (Å²) >= 11 is 0. The van der Waals surface area contributed by atoms with Gasteiger partial charge in [-0.3, -0.25) is 4.79 Å². The third-order valence-corrected chi connectivity index (χ3v) is 2.79. The van der Waals surface area contributed by atoms with Gasteiger partial charge in [-0.1, -0.05) is 0 Å². The first-order chi connectivity index (χ1) is 6.88. The average molecular weight is 186 g/mol. The summed E-state index contributed by atoms with van der Waals surface area (Å²) in [5, 5.41) is 0. The summed E-state index contributed by atoms with van der Waals surface area (Å²) in [7, 11) is 0. The lowest BCUT2D eigenvalue weighted by molar-refractivity contribution is 0.112. The minimum Gasteiger partial charge on any atom is -0.303 e. The van der Waals surface area contributed by atoms with Gasteiger partial charge in [-0.05, 0) is 31.4 Å². The van der Waals surface area contributed by atoms with Crippen LogP contribution in [0.3, 0.4) is 0 Å². The van der Waals surface area contributed by atoms with Gasteiger partial charge in [0.05, 0.1) is 5.69 Å². The monoisotopic (exact) mass is 186 g/mol. The molecule has 0 atom stereocenters. The lowest BCUT2D eigenvalue weighted by Crippen LogP contribution is -1.92. The lowest BCUT2D eigenvalue weighted by Gasteiger charge is -1.98. The number of rotatable bonds is 1. The summed E-state index contributed by atoms with van der Waals surface area (Å²) in [5.74, 6) is 0. The number of aromatic nitrogens is 2. The van der Waals surface area contributed by atoms with Crippen molar-refractivity contribution in [2.75, 3.05) is 0 Å². The predicted octanol–water partition coefficient (Wildman–Crippen LogP) is 1.64. The molecule has 1 aliphatic rings. The van der Waals surface area contributed by atoms with Crippen molar-refractivity contribution in [1.82, 2.24) is 9.38 Å². The highest BCUT2D eigenvalue weighted by molar-refractivity contribution is 5.75. The van der Waals surface area contributed by atoms with Gasteiger partial charge in [-0.25, -0.2) is 4.98 Å². The third kappa shape index (κ3) is 0.923.